The molecule has 0 aliphatic heterocycles. The molecule has 162 valence electrons. The molecule has 1 atom stereocenters. The van der Waals surface area contributed by atoms with Gasteiger partial charge < -0.3 is 0 Å². The lowest BCUT2D eigenvalue weighted by Crippen LogP contribution is -2.61. The second kappa shape index (κ2) is 7.91. The van der Waals surface area contributed by atoms with E-state index >= 15 is 0 Å². The van der Waals surface area contributed by atoms with Crippen LogP contribution in [0.5, 0.6) is 0 Å². The normalized spacial score (nSPS) is 15.6. The first-order valence-electron chi connectivity index (χ1n) is 7.62. The van der Waals surface area contributed by atoms with Gasteiger partial charge in [0.25, 0.3) is 0 Å². The van der Waals surface area contributed by atoms with Gasteiger partial charge in [-0.05, 0) is 38.5 Å². The molecule has 0 amide bonds. The van der Waals surface area contributed by atoms with Crippen molar-refractivity contribution in [1.29, 1.82) is 0 Å². The van der Waals surface area contributed by atoms with Crippen LogP contribution < -0.4 is 0 Å². The van der Waals surface area contributed by atoms with Crippen LogP contribution in [0, 0.1) is 0 Å². The molecular formula is C16H16ClF9O2. The summed E-state index contributed by atoms with van der Waals surface area (Å²) >= 11 is 5.62. The highest BCUT2D eigenvalue weighted by molar-refractivity contribution is 6.30. The Morgan fingerprint density at radius 2 is 1.29 bits per heavy atom. The van der Waals surface area contributed by atoms with Crippen molar-refractivity contribution in [1.82, 2.24) is 0 Å². The SMILES string of the molecule is CC(C)(C)OOC(CC(F)(F)C(F)(F)C(F)(F)C(F)(F)F)c1ccc(Cl)cc1. The van der Waals surface area contributed by atoms with Crippen LogP contribution in [0.15, 0.2) is 24.3 Å². The molecule has 0 fully saturated rings. The fourth-order valence-corrected chi connectivity index (χ4v) is 1.98. The minimum absolute atomic E-state index is 0.125. The van der Waals surface area contributed by atoms with E-state index in [9.17, 15) is 39.5 Å². The molecule has 0 spiro atoms. The second-order valence-corrected chi connectivity index (χ2v) is 7.32. The van der Waals surface area contributed by atoms with Gasteiger partial charge in [-0.25, -0.2) is 9.78 Å². The zero-order chi connectivity index (χ0) is 22.2. The van der Waals surface area contributed by atoms with Crippen LogP contribution in [-0.2, 0) is 9.78 Å². The van der Waals surface area contributed by atoms with Crippen LogP contribution in [0.2, 0.25) is 5.02 Å². The highest BCUT2D eigenvalue weighted by atomic mass is 35.5. The van der Waals surface area contributed by atoms with E-state index in [1.165, 1.54) is 20.8 Å². The Balaban J connectivity index is 3.25. The Morgan fingerprint density at radius 3 is 1.68 bits per heavy atom. The summed E-state index contributed by atoms with van der Waals surface area (Å²) in [5, 5.41) is 0.125. The smallest absolute Gasteiger partial charge is 0.230 e. The molecule has 28 heavy (non-hydrogen) atoms. The lowest BCUT2D eigenvalue weighted by molar-refractivity contribution is -0.413. The summed E-state index contributed by atoms with van der Waals surface area (Å²) in [4.78, 5) is 9.45. The van der Waals surface area contributed by atoms with Gasteiger partial charge in [-0.1, -0.05) is 23.7 Å². The van der Waals surface area contributed by atoms with Crippen molar-refractivity contribution < 1.29 is 49.3 Å². The number of hydrogen-bond donors (Lipinski definition) is 0. The second-order valence-electron chi connectivity index (χ2n) is 6.89. The summed E-state index contributed by atoms with van der Waals surface area (Å²) < 4.78 is 118. The molecule has 1 aromatic carbocycles. The number of hydrogen-bond acceptors (Lipinski definition) is 2. The number of rotatable bonds is 7. The van der Waals surface area contributed by atoms with E-state index in [0.717, 1.165) is 24.3 Å². The Bertz CT molecular complexity index is 652. The third kappa shape index (κ3) is 5.44. The van der Waals surface area contributed by atoms with Gasteiger partial charge in [-0.15, -0.1) is 0 Å². The van der Waals surface area contributed by atoms with Crippen molar-refractivity contribution in [2.75, 3.05) is 0 Å². The van der Waals surface area contributed by atoms with Crippen molar-refractivity contribution in [3.05, 3.63) is 34.9 Å². The first-order chi connectivity index (χ1) is 12.3. The average Bonchev–Trinajstić information content (AvgIpc) is 2.50. The molecule has 0 bridgehead atoms. The number of halogens is 10. The van der Waals surface area contributed by atoms with Crippen LogP contribution in [0.1, 0.15) is 38.9 Å². The maximum absolute atomic E-state index is 14.0. The number of alkyl halides is 9. The first kappa shape index (κ1) is 24.8. The van der Waals surface area contributed by atoms with Crippen LogP contribution in [0.25, 0.3) is 0 Å². The predicted molar refractivity (Wildman–Crippen MR) is 81.6 cm³/mol. The summed E-state index contributed by atoms with van der Waals surface area (Å²) in [5.74, 6) is -19.5. The summed E-state index contributed by atoms with van der Waals surface area (Å²) in [6.45, 7) is 4.20. The molecule has 0 aliphatic rings. The van der Waals surface area contributed by atoms with E-state index in [2.05, 4.69) is 4.89 Å². The van der Waals surface area contributed by atoms with E-state index in [-0.39, 0.29) is 10.6 Å². The van der Waals surface area contributed by atoms with Gasteiger partial charge in [-0.3, -0.25) is 0 Å². The maximum atomic E-state index is 14.0. The molecule has 1 unspecified atom stereocenters. The topological polar surface area (TPSA) is 18.5 Å². The van der Waals surface area contributed by atoms with Gasteiger partial charge in [0.1, 0.15) is 6.10 Å². The molecule has 0 heterocycles. The third-order valence-electron chi connectivity index (χ3n) is 3.31. The van der Waals surface area contributed by atoms with Gasteiger partial charge in [0, 0.05) is 5.02 Å². The predicted octanol–water partition coefficient (Wildman–Crippen LogP) is 6.99. The minimum Gasteiger partial charge on any atom is -0.230 e. The maximum Gasteiger partial charge on any atom is 0.460 e. The molecule has 1 aromatic rings. The van der Waals surface area contributed by atoms with Gasteiger partial charge in [0.2, 0.25) is 0 Å². The number of benzene rings is 1. The van der Waals surface area contributed by atoms with E-state index in [1.54, 1.807) is 0 Å². The summed E-state index contributed by atoms with van der Waals surface area (Å²) in [6.07, 6.45) is -11.2. The fraction of sp³-hybridized carbons (Fsp3) is 0.625. The summed E-state index contributed by atoms with van der Waals surface area (Å²) in [5.41, 5.74) is -1.38. The Morgan fingerprint density at radius 1 is 0.821 bits per heavy atom. The average molecular weight is 447 g/mol. The third-order valence-corrected chi connectivity index (χ3v) is 3.56. The van der Waals surface area contributed by atoms with E-state index < -0.39 is 42.1 Å². The van der Waals surface area contributed by atoms with Gasteiger partial charge >= 0.3 is 23.9 Å². The quantitative estimate of drug-likeness (QED) is 0.255. The van der Waals surface area contributed by atoms with Crippen molar-refractivity contribution in [3.8, 4) is 0 Å². The van der Waals surface area contributed by atoms with Crippen LogP contribution in [-0.4, -0.2) is 29.5 Å². The van der Waals surface area contributed by atoms with E-state index in [4.69, 9.17) is 16.5 Å². The lowest BCUT2D eigenvalue weighted by Gasteiger charge is -2.35. The van der Waals surface area contributed by atoms with Crippen molar-refractivity contribution in [2.24, 2.45) is 0 Å². The molecule has 0 saturated heterocycles. The lowest BCUT2D eigenvalue weighted by atomic mass is 9.95. The minimum atomic E-state index is -6.97. The summed E-state index contributed by atoms with van der Waals surface area (Å²) in [6, 6.07) is 4.42. The van der Waals surface area contributed by atoms with Crippen LogP contribution in [0.3, 0.4) is 0 Å². The van der Waals surface area contributed by atoms with Crippen LogP contribution in [0.4, 0.5) is 39.5 Å². The zero-order valence-electron chi connectivity index (χ0n) is 14.7. The van der Waals surface area contributed by atoms with Gasteiger partial charge in [-0.2, -0.15) is 39.5 Å². The molecule has 0 radical (unpaired) electrons. The largest absolute Gasteiger partial charge is 0.460 e. The monoisotopic (exact) mass is 446 g/mol. The van der Waals surface area contributed by atoms with Gasteiger partial charge in [0.05, 0.1) is 12.0 Å². The van der Waals surface area contributed by atoms with E-state index in [0.29, 0.717) is 0 Å². The molecule has 0 saturated carbocycles. The van der Waals surface area contributed by atoms with E-state index in [1.807, 2.05) is 0 Å². The molecule has 0 aromatic heterocycles. The molecule has 1 rings (SSSR count). The highest BCUT2D eigenvalue weighted by Gasteiger charge is 2.81. The fourth-order valence-electron chi connectivity index (χ4n) is 1.86. The Hall–Kier alpha value is -1.20. The summed E-state index contributed by atoms with van der Waals surface area (Å²) in [7, 11) is 0. The van der Waals surface area contributed by atoms with Crippen molar-refractivity contribution >= 4 is 11.6 Å². The molecule has 2 nitrogen and oxygen atoms in total. The molecule has 0 aliphatic carbocycles. The Kier molecular flexibility index (Phi) is 7.01. The van der Waals surface area contributed by atoms with Crippen molar-refractivity contribution in [3.63, 3.8) is 0 Å². The molecule has 12 heteroatoms. The Labute approximate surface area is 159 Å². The van der Waals surface area contributed by atoms with Crippen molar-refractivity contribution in [2.45, 2.75) is 62.8 Å². The first-order valence-corrected chi connectivity index (χ1v) is 8.00. The highest BCUT2D eigenvalue weighted by Crippen LogP contribution is 2.55. The zero-order valence-corrected chi connectivity index (χ0v) is 15.4. The molecular weight excluding hydrogens is 431 g/mol. The van der Waals surface area contributed by atoms with Gasteiger partial charge in [0.15, 0.2) is 0 Å². The standard InChI is InChI=1S/C16H16ClF9O2/c1-12(2,3)28-27-11(9-4-6-10(17)7-5-9)8-13(18,19)14(20,21)15(22,23)16(24,25)26/h4-7,11H,8H2,1-3H3. The van der Waals surface area contributed by atoms with Crippen LogP contribution >= 0.6 is 11.6 Å². The molecule has 0 N–H and O–H groups in total.